The molecule has 0 aliphatic heterocycles. The molecule has 0 bridgehead atoms. The van der Waals surface area contributed by atoms with Crippen molar-refractivity contribution in [3.05, 3.63) is 58.7 Å². The van der Waals surface area contributed by atoms with Crippen LogP contribution in [0, 0.1) is 31.1 Å². The number of hydrogen-bond donors (Lipinski definition) is 1. The van der Waals surface area contributed by atoms with Crippen LogP contribution in [0.15, 0.2) is 42.0 Å². The quantitative estimate of drug-likeness (QED) is 0.490. The van der Waals surface area contributed by atoms with E-state index >= 15 is 0 Å². The van der Waals surface area contributed by atoms with Gasteiger partial charge in [0, 0.05) is 5.69 Å². The Morgan fingerprint density at radius 3 is 2.48 bits per heavy atom. The first-order valence-corrected chi connectivity index (χ1v) is 9.74. The maximum atomic E-state index is 12.5. The molecule has 5 heteroatoms. The summed E-state index contributed by atoms with van der Waals surface area (Å²) in [4.78, 5) is 12.5. The van der Waals surface area contributed by atoms with Crippen LogP contribution in [0.1, 0.15) is 37.5 Å². The first-order chi connectivity index (χ1) is 13.8. The third kappa shape index (κ3) is 6.39. The summed E-state index contributed by atoms with van der Waals surface area (Å²) < 4.78 is 11.5. The van der Waals surface area contributed by atoms with E-state index in [-0.39, 0.29) is 5.57 Å². The molecule has 0 radical (unpaired) electrons. The molecule has 0 unspecified atom stereocenters. The second-order valence-corrected chi connectivity index (χ2v) is 7.27. The first kappa shape index (κ1) is 22.0. The molecule has 0 aliphatic carbocycles. The highest BCUT2D eigenvalue weighted by Crippen LogP contribution is 2.30. The lowest BCUT2D eigenvalue weighted by molar-refractivity contribution is -0.112. The van der Waals surface area contributed by atoms with Crippen molar-refractivity contribution in [2.24, 2.45) is 5.92 Å². The highest BCUT2D eigenvalue weighted by atomic mass is 16.5. The molecule has 1 N–H and O–H groups in total. The van der Waals surface area contributed by atoms with Gasteiger partial charge in [0.05, 0.1) is 13.2 Å². The van der Waals surface area contributed by atoms with Crippen LogP contribution >= 0.6 is 0 Å². The molecule has 1 amide bonds. The zero-order valence-corrected chi connectivity index (χ0v) is 17.7. The van der Waals surface area contributed by atoms with Crippen molar-refractivity contribution in [3.8, 4) is 17.6 Å². The van der Waals surface area contributed by atoms with E-state index in [0.29, 0.717) is 41.9 Å². The summed E-state index contributed by atoms with van der Waals surface area (Å²) in [7, 11) is 0. The third-order valence-electron chi connectivity index (χ3n) is 4.28. The Morgan fingerprint density at radius 1 is 1.10 bits per heavy atom. The van der Waals surface area contributed by atoms with Gasteiger partial charge in [-0.2, -0.15) is 5.26 Å². The van der Waals surface area contributed by atoms with Gasteiger partial charge in [-0.1, -0.05) is 26.0 Å². The van der Waals surface area contributed by atoms with Crippen LogP contribution in [0.3, 0.4) is 0 Å². The maximum Gasteiger partial charge on any atom is 0.266 e. The first-order valence-electron chi connectivity index (χ1n) is 9.74. The molecule has 29 heavy (non-hydrogen) atoms. The van der Waals surface area contributed by atoms with Crippen LogP contribution in [0.2, 0.25) is 0 Å². The highest BCUT2D eigenvalue weighted by molar-refractivity contribution is 6.09. The minimum atomic E-state index is -0.450. The summed E-state index contributed by atoms with van der Waals surface area (Å²) in [6, 6.07) is 13.0. The molecule has 0 aliphatic rings. The standard InChI is InChI=1S/C24H28N2O3/c1-6-28-23-13-19(8-10-22(23)29-15-16(2)3)12-20(14-25)24(27)26-21-9-7-17(4)18(5)11-21/h7-13,16H,6,15H2,1-5H3,(H,26,27)/b20-12+. The largest absolute Gasteiger partial charge is 0.490 e. The number of nitriles is 1. The number of hydrogen-bond acceptors (Lipinski definition) is 4. The molecular formula is C24H28N2O3. The molecule has 0 saturated heterocycles. The van der Waals surface area contributed by atoms with Crippen LogP contribution in [-0.2, 0) is 4.79 Å². The van der Waals surface area contributed by atoms with Gasteiger partial charge in [-0.3, -0.25) is 4.79 Å². The van der Waals surface area contributed by atoms with Crippen molar-refractivity contribution >= 4 is 17.7 Å². The number of benzene rings is 2. The van der Waals surface area contributed by atoms with Gasteiger partial charge in [0.25, 0.3) is 5.91 Å². The minimum Gasteiger partial charge on any atom is -0.490 e. The number of nitrogens with one attached hydrogen (secondary N) is 1. The fourth-order valence-electron chi connectivity index (χ4n) is 2.59. The van der Waals surface area contributed by atoms with Crippen molar-refractivity contribution in [2.45, 2.75) is 34.6 Å². The van der Waals surface area contributed by atoms with Crippen LogP contribution < -0.4 is 14.8 Å². The molecule has 2 rings (SSSR count). The summed E-state index contributed by atoms with van der Waals surface area (Å²) in [5.74, 6) is 1.18. The van der Waals surface area contributed by atoms with Gasteiger partial charge in [-0.25, -0.2) is 0 Å². The number of nitrogens with zero attached hydrogens (tertiary/aromatic N) is 1. The van der Waals surface area contributed by atoms with Crippen LogP contribution in [0.4, 0.5) is 5.69 Å². The van der Waals surface area contributed by atoms with E-state index in [0.717, 1.165) is 11.1 Å². The molecule has 0 aromatic heterocycles. The molecule has 152 valence electrons. The molecule has 2 aromatic carbocycles. The molecule has 0 heterocycles. The van der Waals surface area contributed by atoms with E-state index in [9.17, 15) is 10.1 Å². The number of anilines is 1. The summed E-state index contributed by atoms with van der Waals surface area (Å²) in [6.07, 6.45) is 1.55. The predicted molar refractivity (Wildman–Crippen MR) is 116 cm³/mol. The molecule has 0 atom stereocenters. The second kappa shape index (κ2) is 10.3. The maximum absolute atomic E-state index is 12.5. The lowest BCUT2D eigenvalue weighted by Gasteiger charge is -2.14. The topological polar surface area (TPSA) is 71.3 Å². The highest BCUT2D eigenvalue weighted by Gasteiger charge is 2.12. The van der Waals surface area contributed by atoms with E-state index in [4.69, 9.17) is 9.47 Å². The van der Waals surface area contributed by atoms with Gasteiger partial charge >= 0.3 is 0 Å². The van der Waals surface area contributed by atoms with E-state index in [1.807, 2.05) is 45.0 Å². The Hall–Kier alpha value is -3.26. The lowest BCUT2D eigenvalue weighted by atomic mass is 10.1. The molecule has 0 saturated carbocycles. The Balaban J connectivity index is 2.24. The summed E-state index contributed by atoms with van der Waals surface area (Å²) in [6.45, 7) is 11.1. The van der Waals surface area contributed by atoms with Crippen LogP contribution in [0.25, 0.3) is 6.08 Å². The summed E-state index contributed by atoms with van der Waals surface area (Å²) in [5, 5.41) is 12.3. The number of ether oxygens (including phenoxy) is 2. The lowest BCUT2D eigenvalue weighted by Crippen LogP contribution is -2.13. The van der Waals surface area contributed by atoms with Gasteiger partial charge in [0.1, 0.15) is 11.6 Å². The van der Waals surface area contributed by atoms with Gasteiger partial charge in [-0.15, -0.1) is 0 Å². The molecule has 0 spiro atoms. The number of carbonyl (C=O) groups is 1. The van der Waals surface area contributed by atoms with Gasteiger partial charge in [0.15, 0.2) is 11.5 Å². The normalized spacial score (nSPS) is 11.1. The third-order valence-corrected chi connectivity index (χ3v) is 4.28. The van der Waals surface area contributed by atoms with Gasteiger partial charge in [0.2, 0.25) is 0 Å². The number of amides is 1. The van der Waals surface area contributed by atoms with Crippen molar-refractivity contribution in [3.63, 3.8) is 0 Å². The summed E-state index contributed by atoms with van der Waals surface area (Å²) in [5.41, 5.74) is 3.58. The van der Waals surface area contributed by atoms with Crippen molar-refractivity contribution in [1.29, 1.82) is 5.26 Å². The fraction of sp³-hybridized carbons (Fsp3) is 0.333. The van der Waals surface area contributed by atoms with Crippen LogP contribution in [-0.4, -0.2) is 19.1 Å². The fourth-order valence-corrected chi connectivity index (χ4v) is 2.59. The second-order valence-electron chi connectivity index (χ2n) is 7.27. The number of rotatable bonds is 8. The summed E-state index contributed by atoms with van der Waals surface area (Å²) >= 11 is 0. The molecular weight excluding hydrogens is 364 g/mol. The van der Waals surface area contributed by atoms with Crippen molar-refractivity contribution in [1.82, 2.24) is 0 Å². The predicted octanol–water partition coefficient (Wildman–Crippen LogP) is 5.28. The van der Waals surface area contributed by atoms with Crippen LogP contribution in [0.5, 0.6) is 11.5 Å². The minimum absolute atomic E-state index is 0.0153. The number of carbonyl (C=O) groups excluding carboxylic acids is 1. The number of aryl methyl sites for hydroxylation is 2. The SMILES string of the molecule is CCOc1cc(/C=C(\C#N)C(=O)Nc2ccc(C)c(C)c2)ccc1OCC(C)C. The Bertz CT molecular complexity index is 940. The molecule has 5 nitrogen and oxygen atoms in total. The van der Waals surface area contributed by atoms with E-state index in [1.165, 1.54) is 0 Å². The zero-order chi connectivity index (χ0) is 21.4. The van der Waals surface area contributed by atoms with E-state index in [1.54, 1.807) is 24.3 Å². The average Bonchev–Trinajstić information content (AvgIpc) is 2.68. The average molecular weight is 392 g/mol. The zero-order valence-electron chi connectivity index (χ0n) is 17.7. The Labute approximate surface area is 173 Å². The van der Waals surface area contributed by atoms with E-state index < -0.39 is 5.91 Å². The van der Waals surface area contributed by atoms with Crippen molar-refractivity contribution < 1.29 is 14.3 Å². The van der Waals surface area contributed by atoms with Crippen molar-refractivity contribution in [2.75, 3.05) is 18.5 Å². The van der Waals surface area contributed by atoms with Gasteiger partial charge in [-0.05, 0) is 73.7 Å². The molecule has 2 aromatic rings. The van der Waals surface area contributed by atoms with Gasteiger partial charge < -0.3 is 14.8 Å². The molecule has 0 fully saturated rings. The monoisotopic (exact) mass is 392 g/mol. The smallest absolute Gasteiger partial charge is 0.266 e. The Kier molecular flexibility index (Phi) is 7.85. The Morgan fingerprint density at radius 2 is 1.86 bits per heavy atom. The van der Waals surface area contributed by atoms with E-state index in [2.05, 4.69) is 19.2 Å².